The van der Waals surface area contributed by atoms with Crippen LogP contribution in [0.3, 0.4) is 0 Å². The first-order valence-electron chi connectivity index (χ1n) is 7.59. The molecule has 2 aromatic carbocycles. The van der Waals surface area contributed by atoms with E-state index in [9.17, 15) is 9.59 Å². The maximum atomic E-state index is 11.8. The first-order valence-corrected chi connectivity index (χ1v) is 7.96. The number of benzene rings is 2. The van der Waals surface area contributed by atoms with Crippen LogP contribution < -0.4 is 15.5 Å². The predicted molar refractivity (Wildman–Crippen MR) is 98.0 cm³/mol. The van der Waals surface area contributed by atoms with Crippen LogP contribution in [0.4, 0.5) is 5.69 Å². The molecular weight excluding hydrogens is 342 g/mol. The lowest BCUT2D eigenvalue weighted by atomic mass is 10.2. The number of halogens is 1. The van der Waals surface area contributed by atoms with E-state index in [1.807, 2.05) is 6.07 Å². The van der Waals surface area contributed by atoms with Gasteiger partial charge in [0.15, 0.2) is 0 Å². The molecule has 0 aliphatic rings. The van der Waals surface area contributed by atoms with Crippen molar-refractivity contribution in [3.05, 3.63) is 59.1 Å². The quantitative estimate of drug-likeness (QED) is 0.588. The number of anilines is 1. The van der Waals surface area contributed by atoms with Crippen molar-refractivity contribution in [1.29, 1.82) is 0 Å². The summed E-state index contributed by atoms with van der Waals surface area (Å²) in [5, 5.41) is 7.08. The van der Waals surface area contributed by atoms with Gasteiger partial charge in [-0.05, 0) is 30.3 Å². The second-order valence-corrected chi connectivity index (χ2v) is 5.50. The Morgan fingerprint density at radius 2 is 1.76 bits per heavy atom. The summed E-state index contributed by atoms with van der Waals surface area (Å²) >= 11 is 5.97. The fourth-order valence-corrected chi connectivity index (χ4v) is 2.12. The predicted octanol–water partition coefficient (Wildman–Crippen LogP) is 3.22. The van der Waals surface area contributed by atoms with Gasteiger partial charge in [0.2, 0.25) is 11.8 Å². The van der Waals surface area contributed by atoms with Crippen molar-refractivity contribution >= 4 is 35.3 Å². The van der Waals surface area contributed by atoms with Gasteiger partial charge in [0.05, 0.1) is 13.3 Å². The Balaban J connectivity index is 1.73. The number of amides is 2. The summed E-state index contributed by atoms with van der Waals surface area (Å²) in [6.07, 6.45) is 1.54. The second kappa shape index (κ2) is 9.44. The number of hydrogen-bond donors (Lipinski definition) is 2. The minimum atomic E-state index is -0.354. The van der Waals surface area contributed by atoms with Gasteiger partial charge in [0.25, 0.3) is 0 Å². The average molecular weight is 360 g/mol. The number of carbonyl (C=O) groups excluding carboxylic acids is 2. The standard InChI is InChI=1S/C18H18ClN3O3/c1-25-15-8-6-14(7-9-15)21-17(23)10-11-18(24)22-20-12-13-4-2-3-5-16(13)19/h2-9,12H,10-11H2,1H3,(H,21,23)(H,22,24). The van der Waals surface area contributed by atoms with Crippen molar-refractivity contribution in [3.63, 3.8) is 0 Å². The molecule has 6 nitrogen and oxygen atoms in total. The molecule has 25 heavy (non-hydrogen) atoms. The zero-order chi connectivity index (χ0) is 18.1. The number of hydrogen-bond acceptors (Lipinski definition) is 4. The van der Waals surface area contributed by atoms with Crippen LogP contribution in [0.5, 0.6) is 5.75 Å². The fraction of sp³-hybridized carbons (Fsp3) is 0.167. The molecule has 7 heteroatoms. The van der Waals surface area contributed by atoms with E-state index in [1.165, 1.54) is 6.21 Å². The molecule has 0 aromatic heterocycles. The second-order valence-electron chi connectivity index (χ2n) is 5.09. The molecule has 0 saturated heterocycles. The summed E-state index contributed by atoms with van der Waals surface area (Å²) in [4.78, 5) is 23.5. The summed E-state index contributed by atoms with van der Waals surface area (Å²) in [7, 11) is 1.57. The highest BCUT2D eigenvalue weighted by molar-refractivity contribution is 6.33. The van der Waals surface area contributed by atoms with Gasteiger partial charge < -0.3 is 10.1 Å². The molecule has 2 amide bonds. The Kier molecular flexibility index (Phi) is 6.98. The maximum Gasteiger partial charge on any atom is 0.240 e. The highest BCUT2D eigenvalue weighted by atomic mass is 35.5. The molecule has 2 aromatic rings. The van der Waals surface area contributed by atoms with E-state index in [0.29, 0.717) is 22.0 Å². The first kappa shape index (κ1) is 18.5. The molecule has 0 bridgehead atoms. The largest absolute Gasteiger partial charge is 0.497 e. The molecule has 0 fully saturated rings. The minimum Gasteiger partial charge on any atom is -0.497 e. The zero-order valence-electron chi connectivity index (χ0n) is 13.7. The van der Waals surface area contributed by atoms with Crippen LogP contribution in [0.25, 0.3) is 0 Å². The van der Waals surface area contributed by atoms with Gasteiger partial charge in [0, 0.05) is 29.1 Å². The van der Waals surface area contributed by atoms with E-state index < -0.39 is 0 Å². The Morgan fingerprint density at radius 1 is 1.08 bits per heavy atom. The smallest absolute Gasteiger partial charge is 0.240 e. The molecule has 0 radical (unpaired) electrons. The van der Waals surface area contributed by atoms with Crippen molar-refractivity contribution < 1.29 is 14.3 Å². The third-order valence-corrected chi connectivity index (χ3v) is 3.60. The Labute approximate surface area is 150 Å². The van der Waals surface area contributed by atoms with Gasteiger partial charge in [-0.3, -0.25) is 9.59 Å². The molecule has 0 unspecified atom stereocenters. The van der Waals surface area contributed by atoms with E-state index in [4.69, 9.17) is 16.3 Å². The molecule has 0 aliphatic carbocycles. The van der Waals surface area contributed by atoms with Crippen molar-refractivity contribution in [2.75, 3.05) is 12.4 Å². The normalized spacial score (nSPS) is 10.5. The Morgan fingerprint density at radius 3 is 2.44 bits per heavy atom. The number of nitrogens with one attached hydrogen (secondary N) is 2. The number of methoxy groups -OCH3 is 1. The van der Waals surface area contributed by atoms with Gasteiger partial charge in [-0.25, -0.2) is 5.43 Å². The van der Waals surface area contributed by atoms with E-state index in [1.54, 1.807) is 49.6 Å². The topological polar surface area (TPSA) is 79.8 Å². The SMILES string of the molecule is COc1ccc(NC(=O)CCC(=O)NN=Cc2ccccc2Cl)cc1. The number of hydrazone groups is 1. The molecule has 0 saturated carbocycles. The van der Waals surface area contributed by atoms with Crippen LogP contribution in [0.2, 0.25) is 5.02 Å². The highest BCUT2D eigenvalue weighted by Crippen LogP contribution is 2.15. The summed E-state index contributed by atoms with van der Waals surface area (Å²) < 4.78 is 5.04. The molecular formula is C18H18ClN3O3. The molecule has 130 valence electrons. The lowest BCUT2D eigenvalue weighted by molar-refractivity contribution is -0.124. The van der Waals surface area contributed by atoms with Gasteiger partial charge >= 0.3 is 0 Å². The fourth-order valence-electron chi connectivity index (χ4n) is 1.93. The van der Waals surface area contributed by atoms with E-state index in [0.717, 1.165) is 0 Å². The molecule has 2 N–H and O–H groups in total. The lowest BCUT2D eigenvalue weighted by Crippen LogP contribution is -2.20. The summed E-state index contributed by atoms with van der Waals surface area (Å²) in [5.74, 6) is 0.0948. The lowest BCUT2D eigenvalue weighted by Gasteiger charge is -2.06. The summed E-state index contributed by atoms with van der Waals surface area (Å²) in [5.41, 5.74) is 3.71. The zero-order valence-corrected chi connectivity index (χ0v) is 14.4. The highest BCUT2D eigenvalue weighted by Gasteiger charge is 2.07. The summed E-state index contributed by atoms with van der Waals surface area (Å²) in [6.45, 7) is 0. The molecule has 0 heterocycles. The van der Waals surface area contributed by atoms with Gasteiger partial charge in [0.1, 0.15) is 5.75 Å². The van der Waals surface area contributed by atoms with Crippen LogP contribution in [-0.4, -0.2) is 25.1 Å². The monoisotopic (exact) mass is 359 g/mol. The van der Waals surface area contributed by atoms with Crippen molar-refractivity contribution in [3.8, 4) is 5.75 Å². The maximum absolute atomic E-state index is 11.8. The van der Waals surface area contributed by atoms with Crippen LogP contribution in [0.1, 0.15) is 18.4 Å². The first-order chi connectivity index (χ1) is 12.1. The van der Waals surface area contributed by atoms with Crippen molar-refractivity contribution in [1.82, 2.24) is 5.43 Å². The van der Waals surface area contributed by atoms with Crippen LogP contribution in [-0.2, 0) is 9.59 Å². The third kappa shape index (κ3) is 6.27. The number of rotatable bonds is 7. The Bertz CT molecular complexity index is 760. The van der Waals surface area contributed by atoms with E-state index >= 15 is 0 Å². The van der Waals surface area contributed by atoms with Gasteiger partial charge in [-0.1, -0.05) is 29.8 Å². The minimum absolute atomic E-state index is 0.0296. The number of ether oxygens (including phenoxy) is 1. The molecule has 0 atom stereocenters. The molecule has 0 spiro atoms. The Hall–Kier alpha value is -2.86. The van der Waals surface area contributed by atoms with Crippen molar-refractivity contribution in [2.45, 2.75) is 12.8 Å². The number of nitrogens with zero attached hydrogens (tertiary/aromatic N) is 1. The molecule has 2 rings (SSSR count). The van der Waals surface area contributed by atoms with Crippen LogP contribution in [0, 0.1) is 0 Å². The van der Waals surface area contributed by atoms with Crippen LogP contribution >= 0.6 is 11.6 Å². The van der Waals surface area contributed by atoms with E-state index in [-0.39, 0.29) is 24.7 Å². The third-order valence-electron chi connectivity index (χ3n) is 3.25. The number of carbonyl (C=O) groups is 2. The summed E-state index contributed by atoms with van der Waals surface area (Å²) in [6, 6.07) is 14.1. The van der Waals surface area contributed by atoms with Crippen LogP contribution in [0.15, 0.2) is 53.6 Å². The van der Waals surface area contributed by atoms with Gasteiger partial charge in [-0.15, -0.1) is 0 Å². The molecule has 0 aliphatic heterocycles. The van der Waals surface area contributed by atoms with Crippen molar-refractivity contribution in [2.24, 2.45) is 5.10 Å². The van der Waals surface area contributed by atoms with Gasteiger partial charge in [-0.2, -0.15) is 5.10 Å². The average Bonchev–Trinajstić information content (AvgIpc) is 2.62. The van der Waals surface area contributed by atoms with E-state index in [2.05, 4.69) is 15.8 Å².